The number of carbonyl (C=O) groups is 1. The third kappa shape index (κ3) is 2.70. The Morgan fingerprint density at radius 3 is 2.84 bits per heavy atom. The molecule has 100 valence electrons. The average molecular weight is 263 g/mol. The Morgan fingerprint density at radius 1 is 1.42 bits per heavy atom. The van der Waals surface area contributed by atoms with Crippen LogP contribution in [0.1, 0.15) is 17.3 Å². The number of hydrogen-bond acceptors (Lipinski definition) is 4. The van der Waals surface area contributed by atoms with Crippen molar-refractivity contribution in [1.82, 2.24) is 14.8 Å². The molecule has 7 heteroatoms. The number of anilines is 2. The van der Waals surface area contributed by atoms with Crippen molar-refractivity contribution in [1.29, 1.82) is 0 Å². The van der Waals surface area contributed by atoms with E-state index in [0.717, 1.165) is 0 Å². The zero-order valence-corrected chi connectivity index (χ0v) is 10.6. The smallest absolute Gasteiger partial charge is 0.259 e. The summed E-state index contributed by atoms with van der Waals surface area (Å²) in [5, 5.41) is 9.26. The number of aryl methyl sites for hydroxylation is 1. The Bertz CT molecular complexity index is 596. The van der Waals surface area contributed by atoms with Crippen molar-refractivity contribution in [2.45, 2.75) is 6.92 Å². The molecule has 2 aromatic heterocycles. The molecule has 19 heavy (non-hydrogen) atoms. The summed E-state index contributed by atoms with van der Waals surface area (Å²) in [5.41, 5.74) is -0.0628. The second kappa shape index (κ2) is 5.47. The van der Waals surface area contributed by atoms with E-state index in [9.17, 15) is 9.18 Å². The SMILES string of the molecule is CCNc1nccc(C(=O)Nc2ccnn2C)c1F. The maximum absolute atomic E-state index is 14.0. The molecule has 1 amide bonds. The lowest BCUT2D eigenvalue weighted by atomic mass is 10.2. The highest BCUT2D eigenvalue weighted by molar-refractivity contribution is 6.04. The van der Waals surface area contributed by atoms with Crippen molar-refractivity contribution in [2.24, 2.45) is 7.05 Å². The number of hydrogen-bond donors (Lipinski definition) is 2. The Labute approximate surface area is 109 Å². The van der Waals surface area contributed by atoms with Gasteiger partial charge in [0.25, 0.3) is 5.91 Å². The van der Waals surface area contributed by atoms with E-state index in [4.69, 9.17) is 0 Å². The predicted octanol–water partition coefficient (Wildman–Crippen LogP) is 1.64. The molecule has 0 unspecified atom stereocenters. The summed E-state index contributed by atoms with van der Waals surface area (Å²) in [4.78, 5) is 15.8. The summed E-state index contributed by atoms with van der Waals surface area (Å²) in [5.74, 6) is -0.641. The van der Waals surface area contributed by atoms with Gasteiger partial charge in [-0.15, -0.1) is 0 Å². The summed E-state index contributed by atoms with van der Waals surface area (Å²) >= 11 is 0. The van der Waals surface area contributed by atoms with Crippen LogP contribution in [0.15, 0.2) is 24.5 Å². The summed E-state index contributed by atoms with van der Waals surface area (Å²) in [7, 11) is 1.68. The van der Waals surface area contributed by atoms with Crippen LogP contribution in [0.5, 0.6) is 0 Å². The molecule has 0 spiro atoms. The first-order valence-electron chi connectivity index (χ1n) is 5.81. The van der Waals surface area contributed by atoms with Gasteiger partial charge in [-0.25, -0.2) is 9.37 Å². The molecule has 2 rings (SSSR count). The van der Waals surface area contributed by atoms with E-state index in [1.807, 2.05) is 6.92 Å². The lowest BCUT2D eigenvalue weighted by Gasteiger charge is -2.09. The molecular formula is C12H14FN5O. The topological polar surface area (TPSA) is 71.8 Å². The van der Waals surface area contributed by atoms with Crippen molar-refractivity contribution >= 4 is 17.5 Å². The number of carbonyl (C=O) groups excluding carboxylic acids is 1. The quantitative estimate of drug-likeness (QED) is 0.879. The fraction of sp³-hybridized carbons (Fsp3) is 0.250. The molecule has 2 heterocycles. The van der Waals surface area contributed by atoms with Crippen LogP contribution in [0.2, 0.25) is 0 Å². The minimum Gasteiger partial charge on any atom is -0.368 e. The van der Waals surface area contributed by atoms with E-state index < -0.39 is 11.7 Å². The highest BCUT2D eigenvalue weighted by Crippen LogP contribution is 2.16. The number of aromatic nitrogens is 3. The molecule has 0 aliphatic heterocycles. The van der Waals surface area contributed by atoms with Crippen LogP contribution in [0.4, 0.5) is 16.0 Å². The summed E-state index contributed by atoms with van der Waals surface area (Å²) in [6.07, 6.45) is 2.93. The first kappa shape index (κ1) is 13.0. The van der Waals surface area contributed by atoms with E-state index in [1.54, 1.807) is 19.3 Å². The van der Waals surface area contributed by atoms with Gasteiger partial charge in [-0.05, 0) is 13.0 Å². The van der Waals surface area contributed by atoms with Crippen LogP contribution in [0.3, 0.4) is 0 Å². The first-order chi connectivity index (χ1) is 9.13. The molecule has 0 aromatic carbocycles. The molecule has 0 aliphatic carbocycles. The number of nitrogens with one attached hydrogen (secondary N) is 2. The minimum atomic E-state index is -0.663. The normalized spacial score (nSPS) is 10.3. The Balaban J connectivity index is 2.24. The largest absolute Gasteiger partial charge is 0.368 e. The highest BCUT2D eigenvalue weighted by atomic mass is 19.1. The molecule has 6 nitrogen and oxygen atoms in total. The lowest BCUT2D eigenvalue weighted by Crippen LogP contribution is -2.17. The predicted molar refractivity (Wildman–Crippen MR) is 69.5 cm³/mol. The van der Waals surface area contributed by atoms with Crippen LogP contribution < -0.4 is 10.6 Å². The van der Waals surface area contributed by atoms with Crippen LogP contribution in [-0.4, -0.2) is 27.2 Å². The van der Waals surface area contributed by atoms with E-state index >= 15 is 0 Å². The van der Waals surface area contributed by atoms with E-state index in [2.05, 4.69) is 20.7 Å². The average Bonchev–Trinajstić information content (AvgIpc) is 2.78. The van der Waals surface area contributed by atoms with Crippen LogP contribution in [-0.2, 0) is 7.05 Å². The van der Waals surface area contributed by atoms with Gasteiger partial charge in [0, 0.05) is 25.9 Å². The fourth-order valence-corrected chi connectivity index (χ4v) is 1.59. The summed E-state index contributed by atoms with van der Waals surface area (Å²) in [6, 6.07) is 2.96. The number of nitrogens with zero attached hydrogens (tertiary/aromatic N) is 3. The Hall–Kier alpha value is -2.44. The zero-order valence-electron chi connectivity index (χ0n) is 10.6. The summed E-state index contributed by atoms with van der Waals surface area (Å²) < 4.78 is 15.5. The Kier molecular flexibility index (Phi) is 3.74. The van der Waals surface area contributed by atoms with Crippen LogP contribution in [0.25, 0.3) is 0 Å². The van der Waals surface area contributed by atoms with Crippen molar-refractivity contribution in [3.05, 3.63) is 35.9 Å². The van der Waals surface area contributed by atoms with Gasteiger partial charge >= 0.3 is 0 Å². The van der Waals surface area contributed by atoms with Crippen LogP contribution in [0, 0.1) is 5.82 Å². The van der Waals surface area contributed by atoms with Crippen molar-refractivity contribution < 1.29 is 9.18 Å². The number of halogens is 1. The fourth-order valence-electron chi connectivity index (χ4n) is 1.59. The van der Waals surface area contributed by atoms with Gasteiger partial charge in [0.05, 0.1) is 11.8 Å². The number of pyridine rings is 1. The molecule has 0 aliphatic rings. The molecule has 0 atom stereocenters. The number of amides is 1. The Morgan fingerprint density at radius 2 is 2.21 bits per heavy atom. The second-order valence-corrected chi connectivity index (χ2v) is 3.85. The molecule has 2 N–H and O–H groups in total. The van der Waals surface area contributed by atoms with Gasteiger partial charge in [0.15, 0.2) is 11.6 Å². The summed E-state index contributed by atoms with van der Waals surface area (Å²) in [6.45, 7) is 2.35. The van der Waals surface area contributed by atoms with Gasteiger partial charge in [-0.2, -0.15) is 5.10 Å². The zero-order chi connectivity index (χ0) is 13.8. The maximum Gasteiger partial charge on any atom is 0.259 e. The van der Waals surface area contributed by atoms with Gasteiger partial charge in [0.2, 0.25) is 0 Å². The number of rotatable bonds is 4. The lowest BCUT2D eigenvalue weighted by molar-refractivity contribution is 0.102. The van der Waals surface area contributed by atoms with Gasteiger partial charge < -0.3 is 10.6 Å². The third-order valence-corrected chi connectivity index (χ3v) is 2.54. The minimum absolute atomic E-state index is 0.0628. The van der Waals surface area contributed by atoms with E-state index in [1.165, 1.54) is 16.9 Å². The van der Waals surface area contributed by atoms with E-state index in [-0.39, 0.29) is 11.4 Å². The molecule has 0 fully saturated rings. The molecule has 0 saturated carbocycles. The molecule has 0 bridgehead atoms. The van der Waals surface area contributed by atoms with Crippen LogP contribution >= 0.6 is 0 Å². The molecule has 0 radical (unpaired) electrons. The first-order valence-corrected chi connectivity index (χ1v) is 5.81. The van der Waals surface area contributed by atoms with Crippen molar-refractivity contribution in [3.63, 3.8) is 0 Å². The molecule has 2 aromatic rings. The van der Waals surface area contributed by atoms with Crippen molar-refractivity contribution in [2.75, 3.05) is 17.2 Å². The van der Waals surface area contributed by atoms with Gasteiger partial charge in [-0.1, -0.05) is 0 Å². The third-order valence-electron chi connectivity index (χ3n) is 2.54. The monoisotopic (exact) mass is 263 g/mol. The second-order valence-electron chi connectivity index (χ2n) is 3.85. The van der Waals surface area contributed by atoms with Gasteiger partial charge in [-0.3, -0.25) is 9.48 Å². The highest BCUT2D eigenvalue weighted by Gasteiger charge is 2.16. The molecular weight excluding hydrogens is 249 g/mol. The standard InChI is InChI=1S/C12H14FN5O/c1-3-14-11-10(13)8(4-6-15-11)12(19)17-9-5-7-16-18(9)2/h4-7H,3H2,1-2H3,(H,14,15)(H,17,19). The van der Waals surface area contributed by atoms with Crippen molar-refractivity contribution in [3.8, 4) is 0 Å². The maximum atomic E-state index is 14.0. The van der Waals surface area contributed by atoms with Gasteiger partial charge in [0.1, 0.15) is 5.82 Å². The molecule has 0 saturated heterocycles. The van der Waals surface area contributed by atoms with E-state index in [0.29, 0.717) is 12.4 Å².